The molecule has 0 amide bonds. The summed E-state index contributed by atoms with van der Waals surface area (Å²) in [6.07, 6.45) is -0.375. The Kier molecular flexibility index (Phi) is 4.13. The van der Waals surface area contributed by atoms with Gasteiger partial charge in [-0.15, -0.1) is 10.2 Å². The Morgan fingerprint density at radius 2 is 1.83 bits per heavy atom. The van der Waals surface area contributed by atoms with Crippen LogP contribution >= 0.6 is 11.8 Å². The zero-order valence-corrected chi connectivity index (χ0v) is 14.0. The molecule has 122 valence electrons. The van der Waals surface area contributed by atoms with Crippen molar-refractivity contribution in [2.75, 3.05) is 6.61 Å². The van der Waals surface area contributed by atoms with Crippen LogP contribution in [0.15, 0.2) is 58.2 Å². The van der Waals surface area contributed by atoms with Gasteiger partial charge in [0.05, 0.1) is 0 Å². The van der Waals surface area contributed by atoms with Crippen LogP contribution in [0.4, 0.5) is 0 Å². The molecular weight excluding hydrogens is 324 g/mol. The van der Waals surface area contributed by atoms with E-state index >= 15 is 0 Å². The molecule has 1 aliphatic rings. The van der Waals surface area contributed by atoms with Gasteiger partial charge in [-0.3, -0.25) is 0 Å². The first kappa shape index (κ1) is 15.1. The number of hydrogen-bond donors (Lipinski definition) is 0. The molecule has 4 rings (SSSR count). The maximum Gasteiger partial charge on any atom is 0.277 e. The number of fused-ring (bicyclic) bond motifs is 1. The second-order valence-electron chi connectivity index (χ2n) is 5.49. The number of nitrogens with zero attached hydrogens (tertiary/aromatic N) is 2. The molecule has 1 aromatic heterocycles. The highest BCUT2D eigenvalue weighted by molar-refractivity contribution is 7.98. The molecule has 0 saturated heterocycles. The van der Waals surface area contributed by atoms with Gasteiger partial charge in [0.25, 0.3) is 11.1 Å². The van der Waals surface area contributed by atoms with Crippen molar-refractivity contribution in [2.24, 2.45) is 0 Å². The van der Waals surface area contributed by atoms with Crippen molar-refractivity contribution in [3.63, 3.8) is 0 Å². The minimum absolute atomic E-state index is 0.362. The molecule has 0 radical (unpaired) electrons. The average Bonchev–Trinajstić information content (AvgIpc) is 3.10. The minimum Gasteiger partial charge on any atom is -0.485 e. The van der Waals surface area contributed by atoms with Crippen molar-refractivity contribution in [1.29, 1.82) is 0 Å². The Balaban J connectivity index is 1.43. The van der Waals surface area contributed by atoms with Crippen LogP contribution in [0.1, 0.15) is 23.1 Å². The van der Waals surface area contributed by atoms with Crippen LogP contribution in [0.25, 0.3) is 0 Å². The smallest absolute Gasteiger partial charge is 0.277 e. The highest BCUT2D eigenvalue weighted by atomic mass is 32.2. The molecule has 24 heavy (non-hydrogen) atoms. The van der Waals surface area contributed by atoms with Crippen LogP contribution in [0.3, 0.4) is 0 Å². The van der Waals surface area contributed by atoms with E-state index in [1.54, 1.807) is 0 Å². The lowest BCUT2D eigenvalue weighted by atomic mass is 10.1. The molecular formula is C18H16N2O3S. The standard InChI is InChI=1S/C18H16N2O3S/c1-12-6-2-3-7-13(12)11-24-18-20-19-17(23-18)16-10-21-14-8-4-5-9-15(14)22-16/h2-9,16H,10-11H2,1H3. The summed E-state index contributed by atoms with van der Waals surface area (Å²) < 4.78 is 17.3. The molecule has 0 spiro atoms. The molecule has 1 atom stereocenters. The summed E-state index contributed by atoms with van der Waals surface area (Å²) in [6, 6.07) is 15.8. The summed E-state index contributed by atoms with van der Waals surface area (Å²) in [5, 5.41) is 8.75. The largest absolute Gasteiger partial charge is 0.485 e. The van der Waals surface area contributed by atoms with Gasteiger partial charge in [0.2, 0.25) is 6.10 Å². The summed E-state index contributed by atoms with van der Waals surface area (Å²) >= 11 is 1.52. The Bertz CT molecular complexity index is 850. The molecule has 2 aromatic carbocycles. The van der Waals surface area contributed by atoms with Crippen LogP contribution in [-0.4, -0.2) is 16.8 Å². The van der Waals surface area contributed by atoms with E-state index in [0.717, 1.165) is 11.5 Å². The first-order chi connectivity index (χ1) is 11.8. The Labute approximate surface area is 144 Å². The van der Waals surface area contributed by atoms with Crippen LogP contribution in [0, 0.1) is 6.92 Å². The van der Waals surface area contributed by atoms with E-state index in [1.165, 1.54) is 22.9 Å². The molecule has 0 aliphatic carbocycles. The zero-order chi connectivity index (χ0) is 16.4. The molecule has 1 aliphatic heterocycles. The second-order valence-corrected chi connectivity index (χ2v) is 6.41. The Morgan fingerprint density at radius 1 is 1.04 bits per heavy atom. The van der Waals surface area contributed by atoms with Crippen LogP contribution in [0.2, 0.25) is 0 Å². The fourth-order valence-electron chi connectivity index (χ4n) is 2.46. The van der Waals surface area contributed by atoms with E-state index in [2.05, 4.69) is 29.3 Å². The molecule has 2 heterocycles. The number of thioether (sulfide) groups is 1. The van der Waals surface area contributed by atoms with E-state index in [9.17, 15) is 0 Å². The Hall–Kier alpha value is -2.47. The van der Waals surface area contributed by atoms with Crippen LogP contribution in [0.5, 0.6) is 11.5 Å². The molecule has 0 saturated carbocycles. The third kappa shape index (κ3) is 3.10. The lowest BCUT2D eigenvalue weighted by Gasteiger charge is -2.23. The molecule has 0 bridgehead atoms. The van der Waals surface area contributed by atoms with Gasteiger partial charge in [-0.05, 0) is 30.2 Å². The quantitative estimate of drug-likeness (QED) is 0.664. The number of rotatable bonds is 4. The fourth-order valence-corrected chi connectivity index (χ4v) is 3.31. The summed E-state index contributed by atoms with van der Waals surface area (Å²) in [5.74, 6) is 2.67. The van der Waals surface area contributed by atoms with Gasteiger partial charge in [-0.1, -0.05) is 48.2 Å². The molecule has 6 heteroatoms. The fraction of sp³-hybridized carbons (Fsp3) is 0.222. The molecule has 1 unspecified atom stereocenters. The van der Waals surface area contributed by atoms with E-state index in [1.807, 2.05) is 36.4 Å². The van der Waals surface area contributed by atoms with E-state index in [4.69, 9.17) is 13.9 Å². The number of ether oxygens (including phenoxy) is 2. The predicted octanol–water partition coefficient (Wildman–Crippen LogP) is 4.18. The summed E-state index contributed by atoms with van der Waals surface area (Å²) in [6.45, 7) is 2.46. The average molecular weight is 340 g/mol. The van der Waals surface area contributed by atoms with Crippen molar-refractivity contribution in [3.8, 4) is 11.5 Å². The lowest BCUT2D eigenvalue weighted by molar-refractivity contribution is 0.0686. The predicted molar refractivity (Wildman–Crippen MR) is 90.3 cm³/mol. The van der Waals surface area contributed by atoms with Gasteiger partial charge in [-0.2, -0.15) is 0 Å². The van der Waals surface area contributed by atoms with Crippen molar-refractivity contribution >= 4 is 11.8 Å². The van der Waals surface area contributed by atoms with Gasteiger partial charge < -0.3 is 13.9 Å². The number of para-hydroxylation sites is 2. The number of aromatic nitrogens is 2. The Morgan fingerprint density at radius 3 is 2.71 bits per heavy atom. The lowest BCUT2D eigenvalue weighted by Crippen LogP contribution is -2.21. The third-order valence-corrected chi connectivity index (χ3v) is 4.69. The normalized spacial score (nSPS) is 16.1. The highest BCUT2D eigenvalue weighted by Crippen LogP contribution is 2.36. The molecule has 0 N–H and O–H groups in total. The van der Waals surface area contributed by atoms with E-state index in [0.29, 0.717) is 23.5 Å². The van der Waals surface area contributed by atoms with Crippen molar-refractivity contribution in [2.45, 2.75) is 24.0 Å². The SMILES string of the molecule is Cc1ccccc1CSc1nnc(C2COc3ccccc3O2)o1. The number of aryl methyl sites for hydroxylation is 1. The van der Waals surface area contributed by atoms with Crippen molar-refractivity contribution in [1.82, 2.24) is 10.2 Å². The molecule has 3 aromatic rings. The van der Waals surface area contributed by atoms with Gasteiger partial charge in [0, 0.05) is 5.75 Å². The first-order valence-corrected chi connectivity index (χ1v) is 8.67. The topological polar surface area (TPSA) is 57.4 Å². The van der Waals surface area contributed by atoms with E-state index in [-0.39, 0.29) is 6.10 Å². The molecule has 0 fully saturated rings. The maximum absolute atomic E-state index is 5.88. The van der Waals surface area contributed by atoms with Crippen molar-refractivity contribution in [3.05, 3.63) is 65.5 Å². The van der Waals surface area contributed by atoms with Gasteiger partial charge in [0.1, 0.15) is 6.61 Å². The van der Waals surface area contributed by atoms with Crippen LogP contribution < -0.4 is 9.47 Å². The van der Waals surface area contributed by atoms with E-state index < -0.39 is 0 Å². The van der Waals surface area contributed by atoms with Crippen LogP contribution in [-0.2, 0) is 5.75 Å². The summed E-state index contributed by atoms with van der Waals surface area (Å²) in [4.78, 5) is 0. The van der Waals surface area contributed by atoms with Gasteiger partial charge in [-0.25, -0.2) is 0 Å². The monoisotopic (exact) mass is 340 g/mol. The van der Waals surface area contributed by atoms with Gasteiger partial charge >= 0.3 is 0 Å². The zero-order valence-electron chi connectivity index (χ0n) is 13.1. The van der Waals surface area contributed by atoms with Crippen molar-refractivity contribution < 1.29 is 13.9 Å². The third-order valence-electron chi connectivity index (χ3n) is 3.82. The first-order valence-electron chi connectivity index (χ1n) is 7.69. The number of benzene rings is 2. The minimum atomic E-state index is -0.375. The highest BCUT2D eigenvalue weighted by Gasteiger charge is 2.27. The summed E-state index contributed by atoms with van der Waals surface area (Å²) in [7, 11) is 0. The number of hydrogen-bond acceptors (Lipinski definition) is 6. The maximum atomic E-state index is 5.88. The summed E-state index contributed by atoms with van der Waals surface area (Å²) in [5.41, 5.74) is 2.51. The second kappa shape index (κ2) is 6.57. The van der Waals surface area contributed by atoms with Gasteiger partial charge in [0.15, 0.2) is 11.5 Å². The molecule has 5 nitrogen and oxygen atoms in total.